The predicted octanol–water partition coefficient (Wildman–Crippen LogP) is 18.2. The molecule has 700 valence electrons. The van der Waals surface area contributed by atoms with Gasteiger partial charge in [0.1, 0.15) is 92.6 Å². The van der Waals surface area contributed by atoms with Gasteiger partial charge in [-0.25, -0.2) is 4.57 Å². The molecule has 2 heterocycles. The quantitative estimate of drug-likeness (QED) is 0.00889. The van der Waals surface area contributed by atoms with Crippen LogP contribution in [0.15, 0.2) is 12.2 Å². The summed E-state index contributed by atoms with van der Waals surface area (Å²) in [6.07, 6.45) is 29.1. The highest BCUT2D eigenvalue weighted by Gasteiger charge is 2.60. The fourth-order valence-electron chi connectivity index (χ4n) is 16.1. The summed E-state index contributed by atoms with van der Waals surface area (Å²) in [5.41, 5.74) is 0. The normalized spacial score (nSPS) is 25.1. The van der Waals surface area contributed by atoms with Crippen LogP contribution in [0.4, 0.5) is 0 Å². The summed E-state index contributed by atoms with van der Waals surface area (Å²) < 4.78 is 73.5. The highest BCUT2D eigenvalue weighted by molar-refractivity contribution is 7.47. The molecule has 1 saturated carbocycles. The number of carbonyl (C=O) groups excluding carboxylic acids is 4. The average molecular weight is 1720 g/mol. The number of esters is 4. The summed E-state index contributed by atoms with van der Waals surface area (Å²) in [4.78, 5) is 66.6. The van der Waals surface area contributed by atoms with Gasteiger partial charge in [0.25, 0.3) is 0 Å². The monoisotopic (exact) mass is 1720 g/mol. The third kappa shape index (κ3) is 51.6. The molecule has 0 aromatic heterocycles. The smallest absolute Gasteiger partial charge is 0.463 e. The van der Waals surface area contributed by atoms with Crippen molar-refractivity contribution in [2.75, 3.05) is 26.4 Å². The number of rotatable bonds is 78. The molecule has 19 unspecified atom stereocenters. The molecule has 0 aromatic rings. The van der Waals surface area contributed by atoms with E-state index in [9.17, 15) is 74.6 Å². The van der Waals surface area contributed by atoms with E-state index in [-0.39, 0.29) is 25.7 Å². The minimum atomic E-state index is -5.81. The minimum absolute atomic E-state index is 0.0154. The van der Waals surface area contributed by atoms with E-state index in [1.807, 2.05) is 0 Å². The molecule has 2 aliphatic heterocycles. The van der Waals surface area contributed by atoms with E-state index in [0.717, 1.165) is 141 Å². The van der Waals surface area contributed by atoms with Crippen LogP contribution in [-0.4, -0.2) is 205 Å². The molecule has 0 bridgehead atoms. The van der Waals surface area contributed by atoms with Gasteiger partial charge in [0.15, 0.2) is 24.8 Å². The summed E-state index contributed by atoms with van der Waals surface area (Å²) in [6.45, 7) is 7.94. The molecular weight excluding hydrogens is 1550 g/mol. The lowest BCUT2D eigenvalue weighted by Gasteiger charge is -2.50. The van der Waals surface area contributed by atoms with E-state index >= 15 is 0 Å². The second-order valence-corrected chi connectivity index (χ2v) is 36.3. The molecule has 119 heavy (non-hydrogen) atoms. The first-order valence-electron chi connectivity index (χ1n) is 48.3. The lowest BCUT2D eigenvalue weighted by atomic mass is 9.84. The van der Waals surface area contributed by atoms with Crippen molar-refractivity contribution in [1.29, 1.82) is 0 Å². The summed E-state index contributed by atoms with van der Waals surface area (Å²) in [5.74, 6) is -2.27. The second-order valence-electron chi connectivity index (χ2n) is 34.9. The number of allylic oxidation sites excluding steroid dienone is 2. The molecule has 0 radical (unpaired) electrons. The number of ether oxygens (including phenoxy) is 8. The zero-order valence-corrected chi connectivity index (χ0v) is 75.7. The first kappa shape index (κ1) is 110. The number of phosphoric acid groups is 1. The van der Waals surface area contributed by atoms with Crippen molar-refractivity contribution in [3.05, 3.63) is 12.2 Å². The number of aliphatic hydroxyl groups excluding tert-OH is 9. The maximum Gasteiger partial charge on any atom is 0.472 e. The van der Waals surface area contributed by atoms with Crippen molar-refractivity contribution in [3.63, 3.8) is 0 Å². The van der Waals surface area contributed by atoms with Crippen molar-refractivity contribution in [1.82, 2.24) is 0 Å². The molecule has 19 atom stereocenters. The third-order valence-corrected chi connectivity index (χ3v) is 24.9. The van der Waals surface area contributed by atoms with Crippen LogP contribution in [0.2, 0.25) is 0 Å². The predicted molar refractivity (Wildman–Crippen MR) is 463 cm³/mol. The van der Waals surface area contributed by atoms with Gasteiger partial charge in [-0.05, 0) is 57.3 Å². The third-order valence-electron chi connectivity index (χ3n) is 23.9. The van der Waals surface area contributed by atoms with Gasteiger partial charge >= 0.3 is 31.7 Å². The van der Waals surface area contributed by atoms with Crippen LogP contribution < -0.4 is 0 Å². The summed E-state index contributed by atoms with van der Waals surface area (Å²) >= 11 is 0. The fourth-order valence-corrected chi connectivity index (χ4v) is 17.1. The zero-order valence-electron chi connectivity index (χ0n) is 74.8. The van der Waals surface area contributed by atoms with Crippen molar-refractivity contribution in [3.8, 4) is 0 Å². The maximum absolute atomic E-state index is 14.9. The SMILES string of the molecule is CCCCCC/C=C\CCCCCCCCCC(=O)OC1C(O)C(O)C(OC2OC(CO)C(O)C(O)C2O)C(OP(=O)(O)OCC(COC(=O)CCCCCCCCCCCCCCCCCC)OC(=O)CCCCCCCCCCCCCCC)C1OC1OC(COC(=O)CCCCCCCCC(C)CCCCCCCC)C(O)C(O)C1O. The van der Waals surface area contributed by atoms with Crippen LogP contribution in [0.1, 0.15) is 420 Å². The Hall–Kier alpha value is -2.79. The van der Waals surface area contributed by atoms with Crippen LogP contribution in [0.5, 0.6) is 0 Å². The largest absolute Gasteiger partial charge is 0.472 e. The Bertz CT molecular complexity index is 2530. The molecule has 26 heteroatoms. The fraction of sp³-hybridized carbons (Fsp3) is 0.935. The Kier molecular flexibility index (Phi) is 66.1. The van der Waals surface area contributed by atoms with Crippen LogP contribution in [0.3, 0.4) is 0 Å². The van der Waals surface area contributed by atoms with Gasteiger partial charge in [0, 0.05) is 25.7 Å². The van der Waals surface area contributed by atoms with E-state index in [1.54, 1.807) is 0 Å². The molecule has 1 aliphatic carbocycles. The average Bonchev–Trinajstić information content (AvgIpc) is 0.754. The Morgan fingerprint density at radius 1 is 0.353 bits per heavy atom. The second kappa shape index (κ2) is 71.3. The van der Waals surface area contributed by atoms with Crippen LogP contribution in [-0.2, 0) is 70.7 Å². The Morgan fingerprint density at radius 3 is 1.09 bits per heavy atom. The highest BCUT2D eigenvalue weighted by atomic mass is 31.2. The molecule has 2 saturated heterocycles. The van der Waals surface area contributed by atoms with E-state index < -0.39 is 162 Å². The van der Waals surface area contributed by atoms with Gasteiger partial charge in [-0.1, -0.05) is 355 Å². The molecule has 25 nitrogen and oxygen atoms in total. The van der Waals surface area contributed by atoms with E-state index in [2.05, 4.69) is 46.8 Å². The van der Waals surface area contributed by atoms with Crippen LogP contribution in [0.25, 0.3) is 0 Å². The molecule has 10 N–H and O–H groups in total. The van der Waals surface area contributed by atoms with Crippen molar-refractivity contribution in [2.45, 2.75) is 524 Å². The number of hydrogen-bond donors (Lipinski definition) is 10. The first-order chi connectivity index (χ1) is 57.6. The van der Waals surface area contributed by atoms with Gasteiger partial charge in [0.05, 0.1) is 13.2 Å². The van der Waals surface area contributed by atoms with Crippen molar-refractivity contribution < 1.29 is 122 Å². The maximum atomic E-state index is 14.9. The van der Waals surface area contributed by atoms with Crippen molar-refractivity contribution in [2.24, 2.45) is 5.92 Å². The summed E-state index contributed by atoms with van der Waals surface area (Å²) in [7, 11) is -5.81. The topological polar surface area (TPSA) is 380 Å². The van der Waals surface area contributed by atoms with Crippen molar-refractivity contribution >= 4 is 31.7 Å². The van der Waals surface area contributed by atoms with Crippen LogP contribution >= 0.6 is 7.82 Å². The lowest BCUT2D eigenvalue weighted by Crippen LogP contribution is -2.70. The number of aliphatic hydroxyl groups is 9. The number of carbonyl (C=O) groups is 4. The molecule has 0 spiro atoms. The number of hydrogen-bond acceptors (Lipinski definition) is 24. The van der Waals surface area contributed by atoms with Gasteiger partial charge in [0.2, 0.25) is 0 Å². The number of phosphoric ester groups is 1. The summed E-state index contributed by atoms with van der Waals surface area (Å²) in [5, 5.41) is 102. The van der Waals surface area contributed by atoms with Gasteiger partial charge in [-0.3, -0.25) is 28.2 Å². The molecular formula is C93H173O25P. The van der Waals surface area contributed by atoms with Gasteiger partial charge in [-0.15, -0.1) is 0 Å². The van der Waals surface area contributed by atoms with E-state index in [4.69, 9.17) is 46.9 Å². The highest BCUT2D eigenvalue weighted by Crippen LogP contribution is 2.49. The van der Waals surface area contributed by atoms with Crippen LogP contribution in [0, 0.1) is 5.92 Å². The lowest BCUT2D eigenvalue weighted by molar-refractivity contribution is -0.360. The summed E-state index contributed by atoms with van der Waals surface area (Å²) in [6, 6.07) is 0. The van der Waals surface area contributed by atoms with Gasteiger partial charge < -0.3 is 88.7 Å². The molecule has 3 rings (SSSR count). The molecule has 3 aliphatic rings. The Morgan fingerprint density at radius 2 is 0.681 bits per heavy atom. The minimum Gasteiger partial charge on any atom is -0.463 e. The van der Waals surface area contributed by atoms with Gasteiger partial charge in [-0.2, -0.15) is 0 Å². The standard InChI is InChI=1S/C93H173O25P/c1-6-10-14-18-22-25-28-31-33-35-37-39-42-45-52-58-64-76(95)109-69-73(112-78(97)66-60-54-46-43-40-36-30-27-24-20-16-12-8-3)70-111-119(107,108)118-91-89(116-92-86(105)82(101)80(99)74(68-94)113-92)85(104)84(103)88(115-79(98)67-61-55-47-44-41-38-34-32-29-26-23-19-15-11-7-2)90(91)117-93-87(106)83(102)81(100)75(114-93)71-110-77(96)65-59-53-49-48-51-57-63-72(5)62-56-50-21-17-13-9-4/h26,29,72-75,80-94,99-106H,6-25,27-28,30-71H2,1-5H3,(H,107,108)/b29-26-. The number of unbranched alkanes of at least 4 members (excludes halogenated alkanes) is 48. The molecule has 0 amide bonds. The molecule has 3 fully saturated rings. The Labute approximate surface area is 718 Å². The van der Waals surface area contributed by atoms with E-state index in [0.29, 0.717) is 38.0 Å². The molecule has 0 aromatic carbocycles. The zero-order chi connectivity index (χ0) is 86.9. The van der Waals surface area contributed by atoms with E-state index in [1.165, 1.54) is 186 Å². The first-order valence-corrected chi connectivity index (χ1v) is 49.8. The Balaban J connectivity index is 1.91.